The number of carbonyl (C=O) groups excluding carboxylic acids is 1. The lowest BCUT2D eigenvalue weighted by Gasteiger charge is -2.28. The van der Waals surface area contributed by atoms with E-state index in [1.54, 1.807) is 4.68 Å². The largest absolute Gasteiger partial charge is 0.489 e. The van der Waals surface area contributed by atoms with Crippen molar-refractivity contribution in [1.82, 2.24) is 14.8 Å². The summed E-state index contributed by atoms with van der Waals surface area (Å²) in [4.78, 5) is 18.1. The van der Waals surface area contributed by atoms with Crippen LogP contribution >= 0.6 is 23.4 Å². The molecule has 0 saturated heterocycles. The molecule has 206 valence electrons. The Balaban J connectivity index is 1.46. The van der Waals surface area contributed by atoms with Gasteiger partial charge in [0.25, 0.3) is 0 Å². The fraction of sp³-hybridized carbons (Fsp3) is 0.258. The van der Waals surface area contributed by atoms with Crippen molar-refractivity contribution in [1.29, 1.82) is 0 Å². The van der Waals surface area contributed by atoms with Crippen LogP contribution in [0.25, 0.3) is 0 Å². The molecular formula is C31H31ClN4O3S. The number of carbonyl (C=O) groups is 1. The van der Waals surface area contributed by atoms with Gasteiger partial charge in [-0.1, -0.05) is 83.5 Å². The second-order valence-electron chi connectivity index (χ2n) is 9.91. The molecule has 0 saturated carbocycles. The first kappa shape index (κ1) is 27.8. The van der Waals surface area contributed by atoms with E-state index in [1.165, 1.54) is 17.3 Å². The van der Waals surface area contributed by atoms with Gasteiger partial charge in [0.05, 0.1) is 11.7 Å². The summed E-state index contributed by atoms with van der Waals surface area (Å²) in [6.45, 7) is 8.02. The zero-order chi connectivity index (χ0) is 28.2. The van der Waals surface area contributed by atoms with Crippen molar-refractivity contribution in [3.63, 3.8) is 0 Å². The van der Waals surface area contributed by atoms with Crippen LogP contribution in [0.15, 0.2) is 89.2 Å². The molecular weight excluding hydrogens is 544 g/mol. The number of rotatable bonds is 9. The maximum atomic E-state index is 13.4. The van der Waals surface area contributed by atoms with Gasteiger partial charge in [-0.05, 0) is 62.6 Å². The van der Waals surface area contributed by atoms with Crippen molar-refractivity contribution in [3.8, 4) is 5.75 Å². The van der Waals surface area contributed by atoms with Crippen molar-refractivity contribution in [2.24, 2.45) is 0 Å². The molecule has 0 fully saturated rings. The molecule has 0 radical (unpaired) electrons. The van der Waals surface area contributed by atoms with E-state index in [0.29, 0.717) is 45.5 Å². The lowest BCUT2D eigenvalue weighted by Crippen LogP contribution is -2.30. The molecule has 7 nitrogen and oxygen atoms in total. The van der Waals surface area contributed by atoms with E-state index >= 15 is 0 Å². The highest BCUT2D eigenvalue weighted by Crippen LogP contribution is 2.38. The minimum atomic E-state index is -0.549. The Hall–Kier alpha value is -3.75. The number of hydrogen-bond acceptors (Lipinski definition) is 7. The normalized spacial score (nSPS) is 14.6. The van der Waals surface area contributed by atoms with E-state index in [2.05, 4.69) is 36.5 Å². The number of ether oxygens (including phenoxy) is 2. The number of benzene rings is 3. The molecule has 40 heavy (non-hydrogen) atoms. The molecule has 1 aliphatic heterocycles. The number of halogens is 1. The van der Waals surface area contributed by atoms with Crippen LogP contribution in [0.2, 0.25) is 5.02 Å². The van der Waals surface area contributed by atoms with Gasteiger partial charge in [-0.25, -0.2) is 9.48 Å². The molecule has 1 atom stereocenters. The van der Waals surface area contributed by atoms with Gasteiger partial charge in [-0.2, -0.15) is 4.98 Å². The first-order valence-electron chi connectivity index (χ1n) is 13.1. The van der Waals surface area contributed by atoms with Crippen LogP contribution < -0.4 is 10.1 Å². The highest BCUT2D eigenvalue weighted by molar-refractivity contribution is 7.98. The first-order valence-corrected chi connectivity index (χ1v) is 14.4. The molecule has 2 heterocycles. The molecule has 9 heteroatoms. The molecule has 1 N–H and O–H groups in total. The molecule has 1 aromatic heterocycles. The van der Waals surface area contributed by atoms with Crippen LogP contribution in [0.5, 0.6) is 5.75 Å². The van der Waals surface area contributed by atoms with Gasteiger partial charge in [0.1, 0.15) is 18.4 Å². The van der Waals surface area contributed by atoms with Gasteiger partial charge in [-0.15, -0.1) is 5.10 Å². The van der Waals surface area contributed by atoms with Crippen molar-refractivity contribution in [2.45, 2.75) is 57.4 Å². The first-order chi connectivity index (χ1) is 19.3. The SMILES string of the molecule is CC1=C(C(=O)OC(C)C)C(c2cccc(OCc3ccc(C)cc3)c2)n2nc(SCc3ccccc3Cl)nc2N1. The molecule has 0 amide bonds. The van der Waals surface area contributed by atoms with Crippen LogP contribution in [0.4, 0.5) is 5.95 Å². The summed E-state index contributed by atoms with van der Waals surface area (Å²) in [5, 5.41) is 9.35. The number of nitrogens with one attached hydrogen (secondary N) is 1. The van der Waals surface area contributed by atoms with Crippen LogP contribution in [-0.4, -0.2) is 26.8 Å². The third kappa shape index (κ3) is 6.35. The fourth-order valence-corrected chi connectivity index (χ4v) is 5.54. The van der Waals surface area contributed by atoms with E-state index in [-0.39, 0.29) is 6.10 Å². The predicted molar refractivity (Wildman–Crippen MR) is 159 cm³/mol. The Morgan fingerprint density at radius 1 is 1.07 bits per heavy atom. The Labute approximate surface area is 243 Å². The predicted octanol–water partition coefficient (Wildman–Crippen LogP) is 7.35. The van der Waals surface area contributed by atoms with E-state index in [9.17, 15) is 4.79 Å². The van der Waals surface area contributed by atoms with Crippen molar-refractivity contribution >= 4 is 35.3 Å². The molecule has 3 aromatic carbocycles. The number of allylic oxidation sites excluding steroid dienone is 1. The number of aryl methyl sites for hydroxylation is 1. The fourth-order valence-electron chi connectivity index (χ4n) is 4.43. The van der Waals surface area contributed by atoms with E-state index in [4.69, 9.17) is 31.2 Å². The van der Waals surface area contributed by atoms with Crippen molar-refractivity contribution < 1.29 is 14.3 Å². The molecule has 1 unspecified atom stereocenters. The summed E-state index contributed by atoms with van der Waals surface area (Å²) in [5.74, 6) is 1.46. The number of aromatic nitrogens is 3. The van der Waals surface area contributed by atoms with Crippen molar-refractivity contribution in [3.05, 3.63) is 111 Å². The average Bonchev–Trinajstić information content (AvgIpc) is 3.33. The Kier molecular flexibility index (Phi) is 8.47. The Morgan fingerprint density at radius 3 is 2.60 bits per heavy atom. The zero-order valence-electron chi connectivity index (χ0n) is 22.8. The highest BCUT2D eigenvalue weighted by Gasteiger charge is 2.35. The molecule has 0 spiro atoms. The second-order valence-corrected chi connectivity index (χ2v) is 11.3. The van der Waals surface area contributed by atoms with Crippen molar-refractivity contribution in [2.75, 3.05) is 5.32 Å². The quantitative estimate of drug-likeness (QED) is 0.165. The number of fused-ring (bicyclic) bond motifs is 1. The topological polar surface area (TPSA) is 78.3 Å². The van der Waals surface area contributed by atoms with Gasteiger partial charge in [0.15, 0.2) is 0 Å². The Morgan fingerprint density at radius 2 is 1.85 bits per heavy atom. The lowest BCUT2D eigenvalue weighted by atomic mass is 9.95. The van der Waals surface area contributed by atoms with E-state index in [0.717, 1.165) is 16.7 Å². The molecule has 0 bridgehead atoms. The van der Waals surface area contributed by atoms with Gasteiger partial charge < -0.3 is 14.8 Å². The lowest BCUT2D eigenvalue weighted by molar-refractivity contribution is -0.143. The number of anilines is 1. The minimum Gasteiger partial charge on any atom is -0.489 e. The summed E-state index contributed by atoms with van der Waals surface area (Å²) in [6, 6.07) is 23.2. The Bertz CT molecular complexity index is 1550. The van der Waals surface area contributed by atoms with Crippen LogP contribution in [0.3, 0.4) is 0 Å². The number of hydrogen-bond donors (Lipinski definition) is 1. The summed E-state index contributed by atoms with van der Waals surface area (Å²) < 4.78 is 13.5. The third-order valence-electron chi connectivity index (χ3n) is 6.41. The monoisotopic (exact) mass is 574 g/mol. The highest BCUT2D eigenvalue weighted by atomic mass is 35.5. The van der Waals surface area contributed by atoms with Crippen LogP contribution in [0, 0.1) is 6.92 Å². The molecule has 1 aliphatic rings. The zero-order valence-corrected chi connectivity index (χ0v) is 24.4. The standard InChI is InChI=1S/C31H31ClN4O3S/c1-19(2)39-29(37)27-21(4)33-30-34-31(40-18-24-8-5-6-11-26(24)32)35-36(30)28(27)23-9-7-10-25(16-23)38-17-22-14-12-20(3)13-15-22/h5-16,19,28H,17-18H2,1-4H3,(H,33,34,35). The van der Waals surface area contributed by atoms with E-state index < -0.39 is 12.0 Å². The summed E-state index contributed by atoms with van der Waals surface area (Å²) in [6.07, 6.45) is -0.267. The second kappa shape index (κ2) is 12.2. The number of nitrogens with zero attached hydrogens (tertiary/aromatic N) is 3. The van der Waals surface area contributed by atoms with E-state index in [1.807, 2.05) is 69.3 Å². The third-order valence-corrected chi connectivity index (χ3v) is 7.67. The number of thioether (sulfide) groups is 1. The maximum absolute atomic E-state index is 13.4. The van der Waals surface area contributed by atoms with Gasteiger partial charge >= 0.3 is 5.97 Å². The summed E-state index contributed by atoms with van der Waals surface area (Å²) in [5.41, 5.74) is 5.27. The van der Waals surface area contributed by atoms with Gasteiger partial charge in [-0.3, -0.25) is 0 Å². The van der Waals surface area contributed by atoms with Crippen LogP contribution in [-0.2, 0) is 21.9 Å². The van der Waals surface area contributed by atoms with Crippen LogP contribution in [0.1, 0.15) is 49.1 Å². The summed E-state index contributed by atoms with van der Waals surface area (Å²) >= 11 is 7.84. The summed E-state index contributed by atoms with van der Waals surface area (Å²) in [7, 11) is 0. The van der Waals surface area contributed by atoms with Gasteiger partial charge in [0, 0.05) is 16.5 Å². The molecule has 0 aliphatic carbocycles. The smallest absolute Gasteiger partial charge is 0.338 e. The minimum absolute atomic E-state index is 0.267. The maximum Gasteiger partial charge on any atom is 0.338 e. The average molecular weight is 575 g/mol. The molecule has 5 rings (SSSR count). The molecule has 4 aromatic rings. The number of esters is 1. The van der Waals surface area contributed by atoms with Gasteiger partial charge in [0.2, 0.25) is 11.1 Å².